The maximum Gasteiger partial charge on any atom is 0.331 e. The summed E-state index contributed by atoms with van der Waals surface area (Å²) in [5, 5.41) is 12.4. The molecule has 4 aromatic rings. The Kier molecular flexibility index (Phi) is 14.4. The highest BCUT2D eigenvalue weighted by Gasteiger charge is 2.55. The average Bonchev–Trinajstić information content (AvgIpc) is 3.11. The molecule has 0 spiro atoms. The lowest BCUT2D eigenvalue weighted by atomic mass is 9.78. The van der Waals surface area contributed by atoms with Crippen LogP contribution in [0.3, 0.4) is 0 Å². The third-order valence-corrected chi connectivity index (χ3v) is 10.8. The van der Waals surface area contributed by atoms with Crippen molar-refractivity contribution in [3.05, 3.63) is 144 Å². The summed E-state index contributed by atoms with van der Waals surface area (Å²) in [5.41, 5.74) is 3.83. The van der Waals surface area contributed by atoms with Crippen LogP contribution in [0.5, 0.6) is 0 Å². The molecule has 0 amide bonds. The minimum Gasteiger partial charge on any atom is -0.390 e. The Bertz CT molecular complexity index is 1560. The lowest BCUT2D eigenvalue weighted by molar-refractivity contribution is -0.258. The van der Waals surface area contributed by atoms with E-state index in [4.69, 9.17) is 28.0 Å². The lowest BCUT2D eigenvalue weighted by Crippen LogP contribution is -2.64. The van der Waals surface area contributed by atoms with E-state index in [2.05, 4.69) is 0 Å². The van der Waals surface area contributed by atoms with Crippen molar-refractivity contribution in [1.29, 1.82) is 0 Å². The number of ether oxygens (including phenoxy) is 4. The van der Waals surface area contributed by atoms with Gasteiger partial charge >= 0.3 is 7.60 Å². The molecule has 5 rings (SSSR count). The Balaban J connectivity index is 1.57. The van der Waals surface area contributed by atoms with Gasteiger partial charge in [0.2, 0.25) is 0 Å². The zero-order valence-corrected chi connectivity index (χ0v) is 30.3. The molecule has 0 aromatic heterocycles. The summed E-state index contributed by atoms with van der Waals surface area (Å²) in [7, 11) is -3.75. The zero-order chi connectivity index (χ0) is 35.3. The van der Waals surface area contributed by atoms with Crippen LogP contribution in [0, 0.1) is 5.92 Å². The summed E-state index contributed by atoms with van der Waals surface area (Å²) < 4.78 is 53.4. The second-order valence-electron chi connectivity index (χ2n) is 13.3. The second kappa shape index (κ2) is 18.9. The van der Waals surface area contributed by atoms with Gasteiger partial charge in [-0.25, -0.2) is 0 Å². The SMILES string of the molecule is CC(C)OP(=O)(C[C@H]1[C@H](O)[C@H](OCc2ccccc2)[C@@H](OCc2ccccc2)[C@H](OCc2ccccc2)[C@H]1OCc1ccccc1)OC(C)C. The molecule has 268 valence electrons. The molecule has 9 heteroatoms. The topological polar surface area (TPSA) is 92.7 Å². The smallest absolute Gasteiger partial charge is 0.331 e. The van der Waals surface area contributed by atoms with Crippen molar-refractivity contribution in [2.75, 3.05) is 6.16 Å². The van der Waals surface area contributed by atoms with E-state index in [0.29, 0.717) is 0 Å². The van der Waals surface area contributed by atoms with Crippen LogP contribution < -0.4 is 0 Å². The predicted molar refractivity (Wildman–Crippen MR) is 194 cm³/mol. The first kappa shape index (κ1) is 38.1. The van der Waals surface area contributed by atoms with Crippen LogP contribution in [0.1, 0.15) is 49.9 Å². The van der Waals surface area contributed by atoms with E-state index in [1.54, 1.807) is 0 Å². The summed E-state index contributed by atoms with van der Waals surface area (Å²) in [6.45, 7) is 8.27. The molecule has 1 aliphatic carbocycles. The van der Waals surface area contributed by atoms with Crippen molar-refractivity contribution >= 4 is 7.60 Å². The van der Waals surface area contributed by atoms with Crippen LogP contribution in [-0.2, 0) is 59.0 Å². The number of hydrogen-bond acceptors (Lipinski definition) is 8. The summed E-state index contributed by atoms with van der Waals surface area (Å²) in [5.74, 6) is -0.764. The third kappa shape index (κ3) is 11.2. The van der Waals surface area contributed by atoms with Crippen molar-refractivity contribution in [2.24, 2.45) is 5.92 Å². The summed E-state index contributed by atoms with van der Waals surface area (Å²) in [6.07, 6.45) is -5.15. The van der Waals surface area contributed by atoms with Crippen LogP contribution in [0.25, 0.3) is 0 Å². The number of hydrogen-bond donors (Lipinski definition) is 1. The van der Waals surface area contributed by atoms with Gasteiger partial charge in [-0.2, -0.15) is 0 Å². The van der Waals surface area contributed by atoms with Gasteiger partial charge in [-0.1, -0.05) is 121 Å². The number of aliphatic hydroxyl groups excluding tert-OH is 1. The molecular formula is C41H51O8P. The van der Waals surface area contributed by atoms with E-state index < -0.39 is 44.0 Å². The van der Waals surface area contributed by atoms with Gasteiger partial charge < -0.3 is 33.1 Å². The highest BCUT2D eigenvalue weighted by Crippen LogP contribution is 2.54. The van der Waals surface area contributed by atoms with Gasteiger partial charge in [0.1, 0.15) is 18.3 Å². The summed E-state index contributed by atoms with van der Waals surface area (Å²) in [4.78, 5) is 0. The lowest BCUT2D eigenvalue weighted by Gasteiger charge is -2.49. The molecule has 0 heterocycles. The van der Waals surface area contributed by atoms with E-state index in [9.17, 15) is 9.67 Å². The van der Waals surface area contributed by atoms with Crippen LogP contribution in [0.4, 0.5) is 0 Å². The fraction of sp³-hybridized carbons (Fsp3) is 0.415. The molecular weight excluding hydrogens is 651 g/mol. The highest BCUT2D eigenvalue weighted by atomic mass is 31.2. The zero-order valence-electron chi connectivity index (χ0n) is 29.5. The molecule has 1 saturated carbocycles. The van der Waals surface area contributed by atoms with Gasteiger partial charge in [0.25, 0.3) is 0 Å². The van der Waals surface area contributed by atoms with Crippen molar-refractivity contribution in [1.82, 2.24) is 0 Å². The Labute approximate surface area is 297 Å². The minimum absolute atomic E-state index is 0.105. The normalized spacial score (nSPS) is 22.6. The van der Waals surface area contributed by atoms with Gasteiger partial charge in [-0.3, -0.25) is 4.57 Å². The average molecular weight is 703 g/mol. The number of rotatable bonds is 18. The number of benzene rings is 4. The first-order chi connectivity index (χ1) is 24.2. The minimum atomic E-state index is -3.75. The maximum absolute atomic E-state index is 14.5. The molecule has 4 aromatic carbocycles. The fourth-order valence-corrected chi connectivity index (χ4v) is 8.78. The maximum atomic E-state index is 14.5. The van der Waals surface area contributed by atoms with Crippen LogP contribution >= 0.6 is 7.60 Å². The van der Waals surface area contributed by atoms with Gasteiger partial charge in [-0.05, 0) is 49.9 Å². The molecule has 1 fully saturated rings. The standard InChI is InChI=1S/C41H51O8P/c1-30(2)48-50(43,49-31(3)4)29-36-37(42)39(45-26-33-19-11-6-12-20-33)41(47-28-35-23-15-8-16-24-35)40(46-27-34-21-13-7-14-22-34)38(36)44-25-32-17-9-5-10-18-32/h5-24,30-31,36-42H,25-29H2,1-4H3/t36-,37-,38-,39-,40+,41+/m0/s1. The van der Waals surface area contributed by atoms with Crippen molar-refractivity contribution in [3.63, 3.8) is 0 Å². The molecule has 1 N–H and O–H groups in total. The largest absolute Gasteiger partial charge is 0.390 e. The van der Waals surface area contributed by atoms with E-state index in [-0.39, 0.29) is 44.8 Å². The Morgan fingerprint density at radius 2 is 0.800 bits per heavy atom. The van der Waals surface area contributed by atoms with Crippen LogP contribution in [-0.4, -0.2) is 54.0 Å². The van der Waals surface area contributed by atoms with E-state index in [1.807, 2.05) is 149 Å². The molecule has 8 nitrogen and oxygen atoms in total. The molecule has 1 aliphatic rings. The second-order valence-corrected chi connectivity index (χ2v) is 15.3. The molecule has 0 radical (unpaired) electrons. The fourth-order valence-electron chi connectivity index (χ4n) is 6.33. The highest BCUT2D eigenvalue weighted by molar-refractivity contribution is 7.53. The first-order valence-electron chi connectivity index (χ1n) is 17.5. The van der Waals surface area contributed by atoms with Gasteiger partial charge in [0.15, 0.2) is 0 Å². The van der Waals surface area contributed by atoms with Gasteiger partial charge in [0.05, 0.1) is 57.0 Å². The van der Waals surface area contributed by atoms with Gasteiger partial charge in [0, 0.05) is 5.92 Å². The van der Waals surface area contributed by atoms with Gasteiger partial charge in [-0.15, -0.1) is 0 Å². The van der Waals surface area contributed by atoms with Crippen LogP contribution in [0.15, 0.2) is 121 Å². The Morgan fingerprint density at radius 3 is 1.14 bits per heavy atom. The molecule has 0 aliphatic heterocycles. The van der Waals surface area contributed by atoms with Crippen molar-refractivity contribution < 1.29 is 37.7 Å². The predicted octanol–water partition coefficient (Wildman–Crippen LogP) is 8.36. The molecule has 0 bridgehead atoms. The molecule has 0 saturated heterocycles. The monoisotopic (exact) mass is 702 g/mol. The summed E-state index contributed by atoms with van der Waals surface area (Å²) in [6, 6.07) is 39.4. The molecule has 50 heavy (non-hydrogen) atoms. The molecule has 0 unspecified atom stereocenters. The quantitative estimate of drug-likeness (QED) is 0.104. The van der Waals surface area contributed by atoms with Crippen LogP contribution in [0.2, 0.25) is 0 Å². The van der Waals surface area contributed by atoms with Crippen molar-refractivity contribution in [2.45, 2.75) is 96.9 Å². The van der Waals surface area contributed by atoms with Crippen molar-refractivity contribution in [3.8, 4) is 0 Å². The Morgan fingerprint density at radius 1 is 0.500 bits per heavy atom. The van der Waals surface area contributed by atoms with E-state index in [0.717, 1.165) is 22.3 Å². The van der Waals surface area contributed by atoms with E-state index in [1.165, 1.54) is 0 Å². The Hall–Kier alpha value is -3.17. The third-order valence-electron chi connectivity index (χ3n) is 8.49. The first-order valence-corrected chi connectivity index (χ1v) is 19.2. The summed E-state index contributed by atoms with van der Waals surface area (Å²) >= 11 is 0. The number of aliphatic hydroxyl groups is 1. The molecule has 6 atom stereocenters. The van der Waals surface area contributed by atoms with E-state index >= 15 is 0 Å².